The lowest BCUT2D eigenvalue weighted by atomic mass is 10.3. The van der Waals surface area contributed by atoms with Crippen LogP contribution in [0.15, 0.2) is 28.1 Å². The molecule has 9 nitrogen and oxygen atoms in total. The molecule has 0 aliphatic carbocycles. The molecule has 0 aliphatic rings. The van der Waals surface area contributed by atoms with Gasteiger partial charge in [-0.25, -0.2) is 8.42 Å². The summed E-state index contributed by atoms with van der Waals surface area (Å²) in [5.74, 6) is 0.260. The van der Waals surface area contributed by atoms with Crippen LogP contribution in [0.4, 0.5) is 5.95 Å². The summed E-state index contributed by atoms with van der Waals surface area (Å²) in [5.41, 5.74) is 6.33. The zero-order chi connectivity index (χ0) is 15.2. The minimum absolute atomic E-state index is 0.0536. The number of hydrogen-bond acceptors (Lipinski definition) is 8. The molecule has 0 spiro atoms. The van der Waals surface area contributed by atoms with Crippen LogP contribution < -0.4 is 5.73 Å². The summed E-state index contributed by atoms with van der Waals surface area (Å²) in [6.45, 7) is 0. The number of sulfone groups is 1. The average molecular weight is 370 g/mol. The van der Waals surface area contributed by atoms with E-state index in [9.17, 15) is 8.42 Å². The number of nitrogens with two attached hydrogens (primary N) is 1. The summed E-state index contributed by atoms with van der Waals surface area (Å²) >= 11 is 3.30. The van der Waals surface area contributed by atoms with Crippen LogP contribution in [-0.4, -0.2) is 44.2 Å². The first kappa shape index (κ1) is 13.8. The minimum Gasteiger partial charge on any atom is -0.368 e. The summed E-state index contributed by atoms with van der Waals surface area (Å²) in [6.07, 6.45) is 4.18. The average Bonchev–Trinajstić information content (AvgIpc) is 2.82. The Kier molecular flexibility index (Phi) is 3.10. The van der Waals surface area contributed by atoms with Gasteiger partial charge in [0.1, 0.15) is 0 Å². The first-order valence-electron chi connectivity index (χ1n) is 5.56. The largest absolute Gasteiger partial charge is 0.368 e. The Morgan fingerprint density at radius 1 is 1.24 bits per heavy atom. The van der Waals surface area contributed by atoms with E-state index < -0.39 is 9.84 Å². The second kappa shape index (κ2) is 4.70. The number of rotatable bonds is 2. The van der Waals surface area contributed by atoms with Crippen LogP contribution in [0.5, 0.6) is 0 Å². The van der Waals surface area contributed by atoms with E-state index in [0.717, 1.165) is 10.7 Å². The minimum atomic E-state index is -3.58. The molecule has 0 aliphatic heterocycles. The first-order chi connectivity index (χ1) is 9.84. The Morgan fingerprint density at radius 3 is 2.67 bits per heavy atom. The number of nitrogen functional groups attached to an aromatic ring is 1. The van der Waals surface area contributed by atoms with Crippen LogP contribution in [0.2, 0.25) is 0 Å². The van der Waals surface area contributed by atoms with Crippen LogP contribution >= 0.6 is 15.9 Å². The van der Waals surface area contributed by atoms with Gasteiger partial charge in [-0.15, -0.1) is 5.10 Å². The molecule has 0 saturated carbocycles. The maximum atomic E-state index is 11.5. The highest BCUT2D eigenvalue weighted by molar-refractivity contribution is 9.10. The van der Waals surface area contributed by atoms with E-state index >= 15 is 0 Å². The topological polar surface area (TPSA) is 129 Å². The lowest BCUT2D eigenvalue weighted by Gasteiger charge is -1.99. The first-order valence-corrected chi connectivity index (χ1v) is 8.24. The van der Waals surface area contributed by atoms with Gasteiger partial charge in [0.15, 0.2) is 5.82 Å². The fourth-order valence-corrected chi connectivity index (χ4v) is 2.48. The molecule has 108 valence electrons. The molecule has 0 bridgehead atoms. The molecular weight excluding hydrogens is 362 g/mol. The smallest absolute Gasteiger partial charge is 0.258 e. The molecule has 0 atom stereocenters. The molecule has 3 aromatic rings. The van der Waals surface area contributed by atoms with Crippen molar-refractivity contribution in [2.24, 2.45) is 0 Å². The molecule has 2 N–H and O–H groups in total. The maximum absolute atomic E-state index is 11.5. The van der Waals surface area contributed by atoms with Gasteiger partial charge in [0, 0.05) is 28.7 Å². The third-order valence-corrected chi connectivity index (χ3v) is 3.79. The quantitative estimate of drug-likeness (QED) is 0.683. The Morgan fingerprint density at radius 2 is 2.00 bits per heavy atom. The molecule has 0 radical (unpaired) electrons. The van der Waals surface area contributed by atoms with E-state index in [2.05, 4.69) is 41.0 Å². The summed E-state index contributed by atoms with van der Waals surface area (Å²) < 4.78 is 24.9. The van der Waals surface area contributed by atoms with Crippen LogP contribution in [0.3, 0.4) is 0 Å². The standard InChI is InChI=1S/C10H8BrN7O2S/c1-21(19,20)10-15-8(12)18-9(16-10)14-7(17-18)5-2-6(11)4-13-3-5/h2-4H,1H3,(H2,12,14,15,16,17). The Labute approximate surface area is 127 Å². The van der Waals surface area contributed by atoms with Gasteiger partial charge < -0.3 is 5.73 Å². The van der Waals surface area contributed by atoms with Gasteiger partial charge >= 0.3 is 0 Å². The summed E-state index contributed by atoms with van der Waals surface area (Å²) in [7, 11) is -3.58. The monoisotopic (exact) mass is 369 g/mol. The number of anilines is 1. The van der Waals surface area contributed by atoms with Crippen molar-refractivity contribution in [2.45, 2.75) is 5.16 Å². The third kappa shape index (κ3) is 2.56. The van der Waals surface area contributed by atoms with Crippen molar-refractivity contribution in [1.82, 2.24) is 29.5 Å². The number of aromatic nitrogens is 6. The Bertz CT molecular complexity index is 953. The third-order valence-electron chi connectivity index (χ3n) is 2.51. The molecule has 0 aromatic carbocycles. The summed E-state index contributed by atoms with van der Waals surface area (Å²) in [5, 5.41) is 3.76. The fraction of sp³-hybridized carbons (Fsp3) is 0.100. The van der Waals surface area contributed by atoms with Crippen molar-refractivity contribution in [3.05, 3.63) is 22.9 Å². The van der Waals surface area contributed by atoms with Gasteiger partial charge in [0.05, 0.1) is 0 Å². The lowest BCUT2D eigenvalue weighted by Crippen LogP contribution is -2.11. The van der Waals surface area contributed by atoms with Gasteiger partial charge in [0.25, 0.3) is 10.9 Å². The number of fused-ring (bicyclic) bond motifs is 1. The molecule has 11 heteroatoms. The molecule has 0 amide bonds. The van der Waals surface area contributed by atoms with Crippen molar-refractivity contribution >= 4 is 37.5 Å². The number of pyridine rings is 1. The van der Waals surface area contributed by atoms with Gasteiger partial charge in [-0.05, 0) is 22.0 Å². The van der Waals surface area contributed by atoms with Crippen LogP contribution in [-0.2, 0) is 9.84 Å². The second-order valence-corrected chi connectivity index (χ2v) is 7.00. The van der Waals surface area contributed by atoms with Crippen molar-refractivity contribution < 1.29 is 8.42 Å². The van der Waals surface area contributed by atoms with E-state index in [0.29, 0.717) is 11.4 Å². The molecule has 3 heterocycles. The fourth-order valence-electron chi connectivity index (χ4n) is 1.61. The molecule has 3 rings (SSSR count). The highest BCUT2D eigenvalue weighted by Gasteiger charge is 2.17. The SMILES string of the molecule is CS(=O)(=O)c1nc(N)n2nc(-c3cncc(Br)c3)nc2n1. The Hall–Kier alpha value is -2.14. The maximum Gasteiger partial charge on any atom is 0.258 e. The lowest BCUT2D eigenvalue weighted by molar-refractivity contribution is 0.592. The number of hydrogen-bond donors (Lipinski definition) is 1. The molecule has 0 fully saturated rings. The van der Waals surface area contributed by atoms with E-state index in [4.69, 9.17) is 5.73 Å². The van der Waals surface area contributed by atoms with E-state index in [-0.39, 0.29) is 16.9 Å². The Balaban J connectivity index is 2.23. The predicted molar refractivity (Wildman–Crippen MR) is 77.0 cm³/mol. The second-order valence-electron chi connectivity index (χ2n) is 4.18. The predicted octanol–water partition coefficient (Wildman–Crippen LogP) is 0.329. The highest BCUT2D eigenvalue weighted by Crippen LogP contribution is 2.19. The van der Waals surface area contributed by atoms with E-state index in [1.807, 2.05) is 0 Å². The van der Waals surface area contributed by atoms with E-state index in [1.165, 1.54) is 4.52 Å². The van der Waals surface area contributed by atoms with Gasteiger partial charge in [-0.1, -0.05) is 0 Å². The normalized spacial score (nSPS) is 11.9. The van der Waals surface area contributed by atoms with Crippen molar-refractivity contribution in [1.29, 1.82) is 0 Å². The van der Waals surface area contributed by atoms with Gasteiger partial charge in [0.2, 0.25) is 15.8 Å². The molecule has 3 aromatic heterocycles. The summed E-state index contributed by atoms with van der Waals surface area (Å²) in [6, 6.07) is 1.77. The van der Waals surface area contributed by atoms with Gasteiger partial charge in [-0.3, -0.25) is 4.98 Å². The zero-order valence-corrected chi connectivity index (χ0v) is 13.0. The van der Waals surface area contributed by atoms with Crippen LogP contribution in [0.25, 0.3) is 17.2 Å². The highest BCUT2D eigenvalue weighted by atomic mass is 79.9. The van der Waals surface area contributed by atoms with Gasteiger partial charge in [-0.2, -0.15) is 19.5 Å². The summed E-state index contributed by atoms with van der Waals surface area (Å²) in [4.78, 5) is 15.7. The zero-order valence-electron chi connectivity index (χ0n) is 10.6. The van der Waals surface area contributed by atoms with Crippen molar-refractivity contribution in [3.63, 3.8) is 0 Å². The van der Waals surface area contributed by atoms with Crippen molar-refractivity contribution in [2.75, 3.05) is 12.0 Å². The van der Waals surface area contributed by atoms with E-state index in [1.54, 1.807) is 18.5 Å². The molecular formula is C10H8BrN7O2S. The number of nitrogens with zero attached hydrogens (tertiary/aromatic N) is 6. The van der Waals surface area contributed by atoms with Crippen molar-refractivity contribution in [3.8, 4) is 11.4 Å². The molecule has 21 heavy (non-hydrogen) atoms. The number of halogens is 1. The van der Waals surface area contributed by atoms with Crippen LogP contribution in [0.1, 0.15) is 0 Å². The van der Waals surface area contributed by atoms with Crippen LogP contribution in [0, 0.1) is 0 Å². The molecule has 0 saturated heterocycles. The molecule has 0 unspecified atom stereocenters.